The van der Waals surface area contributed by atoms with Crippen LogP contribution >= 0.6 is 22.9 Å². The summed E-state index contributed by atoms with van der Waals surface area (Å²) in [5.41, 5.74) is 1.27. The van der Waals surface area contributed by atoms with Gasteiger partial charge in [0, 0.05) is 54.4 Å². The van der Waals surface area contributed by atoms with Crippen LogP contribution < -0.4 is 15.0 Å². The fourth-order valence-corrected chi connectivity index (χ4v) is 8.68. The minimum Gasteiger partial charge on any atom is -0.496 e. The fourth-order valence-electron chi connectivity index (χ4n) is 5.97. The molecule has 1 aliphatic heterocycles. The molecule has 0 unspecified atom stereocenters. The lowest BCUT2D eigenvalue weighted by molar-refractivity contribution is 0.0934. The van der Waals surface area contributed by atoms with Gasteiger partial charge in [0.2, 0.25) is 10.0 Å². The number of hydrogen-bond donors (Lipinski definition) is 1. The maximum absolute atomic E-state index is 16.2. The normalized spacial score (nSPS) is 14.5. The Bertz CT molecular complexity index is 2020. The molecule has 1 aliphatic rings. The summed E-state index contributed by atoms with van der Waals surface area (Å²) in [7, 11) is 1.43. The van der Waals surface area contributed by atoms with Crippen LogP contribution in [-0.2, 0) is 16.6 Å². The molecule has 1 fully saturated rings. The second kappa shape index (κ2) is 13.0. The van der Waals surface area contributed by atoms with Gasteiger partial charge < -0.3 is 15.0 Å². The summed E-state index contributed by atoms with van der Waals surface area (Å²) in [5, 5.41) is 8.89. The zero-order chi connectivity index (χ0) is 32.6. The van der Waals surface area contributed by atoms with E-state index in [1.807, 2.05) is 49.3 Å². The molecule has 1 saturated heterocycles. The van der Waals surface area contributed by atoms with Crippen LogP contribution in [0.5, 0.6) is 5.75 Å². The number of rotatable bonds is 9. The number of hydrogen-bond acceptors (Lipinski definition) is 8. The van der Waals surface area contributed by atoms with E-state index in [1.165, 1.54) is 22.8 Å². The number of sulfonamides is 1. The van der Waals surface area contributed by atoms with Crippen molar-refractivity contribution in [2.45, 2.75) is 30.2 Å². The molecule has 13 heteroatoms. The number of nitrogens with one attached hydrogen (secondary N) is 1. The lowest BCUT2D eigenvalue weighted by Gasteiger charge is -2.31. The first-order chi connectivity index (χ1) is 22.1. The van der Waals surface area contributed by atoms with Crippen LogP contribution in [0.15, 0.2) is 77.7 Å². The number of nitrogens with zero attached hydrogens (tertiary/aromatic N) is 4. The van der Waals surface area contributed by atoms with Crippen molar-refractivity contribution in [2.24, 2.45) is 0 Å². The Hall–Kier alpha value is -3.97. The van der Waals surface area contributed by atoms with Crippen molar-refractivity contribution in [3.05, 3.63) is 99.1 Å². The number of carbonyl (C=O) groups excluding carboxylic acids is 1. The molecule has 0 atom stereocenters. The van der Waals surface area contributed by atoms with Crippen molar-refractivity contribution in [2.75, 3.05) is 44.5 Å². The molecule has 0 spiro atoms. The molecular weight excluding hydrogens is 649 g/mol. The van der Waals surface area contributed by atoms with Crippen molar-refractivity contribution in [3.8, 4) is 5.75 Å². The van der Waals surface area contributed by atoms with Gasteiger partial charge in [0.05, 0.1) is 34.1 Å². The van der Waals surface area contributed by atoms with Crippen LogP contribution in [0.1, 0.15) is 39.7 Å². The van der Waals surface area contributed by atoms with Gasteiger partial charge in [0.15, 0.2) is 11.6 Å². The number of halogens is 2. The molecule has 5 aromatic rings. The predicted octanol–water partition coefficient (Wildman–Crippen LogP) is 6.83. The zero-order valence-electron chi connectivity index (χ0n) is 25.5. The smallest absolute Gasteiger partial charge is 0.282 e. The number of thiophene rings is 1. The van der Waals surface area contributed by atoms with Gasteiger partial charge in [-0.15, -0.1) is 16.4 Å². The van der Waals surface area contributed by atoms with Crippen molar-refractivity contribution >= 4 is 61.1 Å². The maximum Gasteiger partial charge on any atom is 0.282 e. The molecule has 0 amide bonds. The van der Waals surface area contributed by atoms with Crippen LogP contribution in [0.3, 0.4) is 0 Å². The number of para-hydroxylation sites is 1. The highest BCUT2D eigenvalue weighted by Gasteiger charge is 2.36. The summed E-state index contributed by atoms with van der Waals surface area (Å²) in [6.07, 6.45) is 0.601. The second-order valence-corrected chi connectivity index (χ2v) is 14.9. The number of carbonyl (C=O) groups is 1. The van der Waals surface area contributed by atoms with E-state index in [9.17, 15) is 13.2 Å². The number of fused-ring (bicyclic) bond motifs is 1. The average molecular weight is 682 g/mol. The van der Waals surface area contributed by atoms with Gasteiger partial charge in [-0.25, -0.2) is 12.8 Å². The Morgan fingerprint density at radius 3 is 2.46 bits per heavy atom. The van der Waals surface area contributed by atoms with Crippen LogP contribution in [0.25, 0.3) is 10.8 Å². The number of aromatic nitrogens is 2. The quantitative estimate of drug-likeness (QED) is 0.182. The van der Waals surface area contributed by atoms with Crippen LogP contribution in [-0.4, -0.2) is 62.7 Å². The predicted molar refractivity (Wildman–Crippen MR) is 181 cm³/mol. The van der Waals surface area contributed by atoms with Gasteiger partial charge in [-0.2, -0.15) is 8.99 Å². The van der Waals surface area contributed by atoms with Gasteiger partial charge in [-0.3, -0.25) is 4.79 Å². The first-order valence-electron chi connectivity index (χ1n) is 14.7. The molecule has 6 rings (SSSR count). The van der Waals surface area contributed by atoms with E-state index in [2.05, 4.69) is 10.4 Å². The lowest BCUT2D eigenvalue weighted by atomic mass is 9.94. The molecule has 0 radical (unpaired) electrons. The highest BCUT2D eigenvalue weighted by molar-refractivity contribution is 7.89. The Morgan fingerprint density at radius 2 is 1.76 bits per heavy atom. The van der Waals surface area contributed by atoms with E-state index in [0.29, 0.717) is 28.3 Å². The van der Waals surface area contributed by atoms with Crippen molar-refractivity contribution in [3.63, 3.8) is 0 Å². The summed E-state index contributed by atoms with van der Waals surface area (Å²) in [6, 6.07) is 21.2. The standard InChI is InChI=1S/C33H33ClFN5O4S2/c1-38(2)26-11-6-10-24-23(26)9-7-13-28(24)46(42,43)39-18-16-21(17-19-39)31-30(35)32(36-20-22-14-15-29(34)45-22)37-40(31)33(41)25-8-4-5-12-27(25)44-3/h4-15,21H,16-20H2,1-3H3,(H,36,37). The van der Waals surface area contributed by atoms with Gasteiger partial charge in [0.25, 0.3) is 5.91 Å². The van der Waals surface area contributed by atoms with E-state index < -0.39 is 27.7 Å². The molecule has 3 aromatic carbocycles. The number of piperidine rings is 1. The summed E-state index contributed by atoms with van der Waals surface area (Å²) in [6.45, 7) is 0.576. The maximum atomic E-state index is 16.2. The number of benzene rings is 3. The van der Waals surface area contributed by atoms with E-state index in [4.69, 9.17) is 16.3 Å². The van der Waals surface area contributed by atoms with Crippen molar-refractivity contribution < 1.29 is 22.3 Å². The monoisotopic (exact) mass is 681 g/mol. The molecule has 0 aliphatic carbocycles. The molecule has 46 heavy (non-hydrogen) atoms. The van der Waals surface area contributed by atoms with Crippen molar-refractivity contribution in [1.29, 1.82) is 0 Å². The number of methoxy groups -OCH3 is 1. The lowest BCUT2D eigenvalue weighted by Crippen LogP contribution is -2.38. The summed E-state index contributed by atoms with van der Waals surface area (Å²) in [5.74, 6) is -1.37. The van der Waals surface area contributed by atoms with Gasteiger partial charge in [0.1, 0.15) is 5.75 Å². The highest BCUT2D eigenvalue weighted by atomic mass is 35.5. The van der Waals surface area contributed by atoms with Gasteiger partial charge in [-0.05, 0) is 49.2 Å². The van der Waals surface area contributed by atoms with Crippen LogP contribution in [0.4, 0.5) is 15.9 Å². The van der Waals surface area contributed by atoms with Gasteiger partial charge >= 0.3 is 0 Å². The molecule has 9 nitrogen and oxygen atoms in total. The highest BCUT2D eigenvalue weighted by Crippen LogP contribution is 2.37. The zero-order valence-corrected chi connectivity index (χ0v) is 27.9. The molecule has 0 bridgehead atoms. The van der Waals surface area contributed by atoms with Crippen LogP contribution in [0.2, 0.25) is 4.34 Å². The Morgan fingerprint density at radius 1 is 1.04 bits per heavy atom. The molecule has 240 valence electrons. The Balaban J connectivity index is 1.30. The molecule has 1 N–H and O–H groups in total. The molecular formula is C33H33ClFN5O4S2. The first-order valence-corrected chi connectivity index (χ1v) is 17.4. The SMILES string of the molecule is COc1ccccc1C(=O)n1nc(NCc2ccc(Cl)s2)c(F)c1C1CCN(S(=O)(=O)c2cccc3c(N(C)C)cccc23)CC1. The molecule has 0 saturated carbocycles. The second-order valence-electron chi connectivity index (χ2n) is 11.2. The molecule has 3 heterocycles. The van der Waals surface area contributed by atoms with Crippen molar-refractivity contribution in [1.82, 2.24) is 14.1 Å². The topological polar surface area (TPSA) is 96.8 Å². The minimum absolute atomic E-state index is 0.0646. The van der Waals surface area contributed by atoms with Gasteiger partial charge in [-0.1, -0.05) is 48.0 Å². The summed E-state index contributed by atoms with van der Waals surface area (Å²) < 4.78 is 52.8. The third kappa shape index (κ3) is 5.97. The van der Waals surface area contributed by atoms with E-state index in [-0.39, 0.29) is 41.6 Å². The average Bonchev–Trinajstić information content (AvgIpc) is 3.64. The Kier molecular flexibility index (Phi) is 9.06. The fraction of sp³-hybridized carbons (Fsp3) is 0.273. The van der Waals surface area contributed by atoms with Crippen LogP contribution in [0, 0.1) is 5.82 Å². The Labute approximate surface area is 276 Å². The third-order valence-electron chi connectivity index (χ3n) is 8.25. The number of anilines is 2. The van der Waals surface area contributed by atoms with E-state index in [1.54, 1.807) is 42.5 Å². The summed E-state index contributed by atoms with van der Waals surface area (Å²) in [4.78, 5) is 16.9. The number of ether oxygens (including phenoxy) is 1. The largest absolute Gasteiger partial charge is 0.496 e. The minimum atomic E-state index is -3.86. The molecule has 2 aromatic heterocycles. The first kappa shape index (κ1) is 32.0. The van der Waals surface area contributed by atoms with E-state index >= 15 is 4.39 Å². The third-order valence-corrected chi connectivity index (χ3v) is 11.4. The van der Waals surface area contributed by atoms with E-state index in [0.717, 1.165) is 20.6 Å². The summed E-state index contributed by atoms with van der Waals surface area (Å²) >= 11 is 7.43.